The molecule has 5 nitrogen and oxygen atoms in total. The molecule has 0 aromatic carbocycles. The molecule has 0 saturated carbocycles. The number of nitrogens with zero attached hydrogens (tertiary/aromatic N) is 3. The fraction of sp³-hybridized carbons (Fsp3) is 0.727. The number of rotatable bonds is 2. The first kappa shape index (κ1) is 11.4. The summed E-state index contributed by atoms with van der Waals surface area (Å²) in [4.78, 5) is 2.33. The highest BCUT2D eigenvalue weighted by molar-refractivity contribution is 5.34. The number of hydrogen-bond acceptors (Lipinski definition) is 4. The number of hydrogen-bond donors (Lipinski definition) is 1. The van der Waals surface area contributed by atoms with Crippen LogP contribution in [-0.4, -0.2) is 48.5 Å². The van der Waals surface area contributed by atoms with Gasteiger partial charge in [-0.2, -0.15) is 0 Å². The van der Waals surface area contributed by atoms with Crippen LogP contribution in [0.2, 0.25) is 0 Å². The molecular weight excluding hydrogens is 204 g/mol. The van der Waals surface area contributed by atoms with Crippen LogP contribution in [-0.2, 0) is 7.05 Å². The smallest absolute Gasteiger partial charge is 0.237 e. The molecular formula is C11H20N4O. The summed E-state index contributed by atoms with van der Waals surface area (Å²) in [5.74, 6) is 0.743. The second kappa shape index (κ2) is 4.43. The molecule has 0 radical (unpaired) electrons. The van der Waals surface area contributed by atoms with E-state index in [0.717, 1.165) is 25.5 Å². The van der Waals surface area contributed by atoms with Crippen LogP contribution in [0.4, 0.5) is 0 Å². The molecule has 5 heteroatoms. The number of ether oxygens (including phenoxy) is 1. The van der Waals surface area contributed by atoms with Gasteiger partial charge in [0.1, 0.15) is 0 Å². The molecule has 1 atom stereocenters. The minimum Gasteiger partial charge on any atom is -0.480 e. The van der Waals surface area contributed by atoms with Gasteiger partial charge in [0.2, 0.25) is 5.88 Å². The van der Waals surface area contributed by atoms with E-state index < -0.39 is 0 Å². The van der Waals surface area contributed by atoms with E-state index in [1.807, 2.05) is 11.7 Å². The fourth-order valence-corrected chi connectivity index (χ4v) is 2.24. The number of methoxy groups -OCH3 is 1. The SMILES string of the molecule is COc1nn(C)c(C)c1C1CN(C)CCN1. The molecule has 0 amide bonds. The van der Waals surface area contributed by atoms with Crippen LogP contribution >= 0.6 is 0 Å². The Labute approximate surface area is 96.4 Å². The fourth-order valence-electron chi connectivity index (χ4n) is 2.24. The van der Waals surface area contributed by atoms with Crippen molar-refractivity contribution in [1.29, 1.82) is 0 Å². The monoisotopic (exact) mass is 224 g/mol. The Bertz CT molecular complexity index is 374. The third kappa shape index (κ3) is 1.92. The van der Waals surface area contributed by atoms with Gasteiger partial charge in [0, 0.05) is 32.4 Å². The number of piperazine rings is 1. The van der Waals surface area contributed by atoms with Crippen molar-refractivity contribution in [2.24, 2.45) is 7.05 Å². The van der Waals surface area contributed by atoms with E-state index in [0.29, 0.717) is 6.04 Å². The van der Waals surface area contributed by atoms with E-state index in [-0.39, 0.29) is 0 Å². The molecule has 0 aliphatic carbocycles. The summed E-state index contributed by atoms with van der Waals surface area (Å²) in [6.45, 7) is 5.20. The molecule has 0 spiro atoms. The number of aryl methyl sites for hydroxylation is 1. The van der Waals surface area contributed by atoms with E-state index in [1.165, 1.54) is 11.3 Å². The van der Waals surface area contributed by atoms with Gasteiger partial charge in [-0.05, 0) is 14.0 Å². The summed E-state index contributed by atoms with van der Waals surface area (Å²) in [6, 6.07) is 0.322. The van der Waals surface area contributed by atoms with Crippen molar-refractivity contribution in [1.82, 2.24) is 20.0 Å². The predicted octanol–water partition coefficient (Wildman–Crippen LogP) is 0.313. The van der Waals surface area contributed by atoms with Gasteiger partial charge in [0.15, 0.2) is 0 Å². The lowest BCUT2D eigenvalue weighted by Crippen LogP contribution is -2.43. The molecule has 1 aromatic heterocycles. The Balaban J connectivity index is 2.30. The van der Waals surface area contributed by atoms with Crippen molar-refractivity contribution in [3.8, 4) is 5.88 Å². The first-order valence-corrected chi connectivity index (χ1v) is 5.63. The second-order valence-corrected chi connectivity index (χ2v) is 4.40. The Morgan fingerprint density at radius 1 is 1.44 bits per heavy atom. The van der Waals surface area contributed by atoms with Crippen molar-refractivity contribution in [2.75, 3.05) is 33.8 Å². The van der Waals surface area contributed by atoms with Crippen molar-refractivity contribution in [3.63, 3.8) is 0 Å². The molecule has 2 rings (SSSR count). The highest BCUT2D eigenvalue weighted by Gasteiger charge is 2.26. The van der Waals surface area contributed by atoms with Crippen LogP contribution in [0, 0.1) is 6.92 Å². The number of nitrogens with one attached hydrogen (secondary N) is 1. The van der Waals surface area contributed by atoms with Crippen LogP contribution in [0.15, 0.2) is 0 Å². The Morgan fingerprint density at radius 2 is 2.19 bits per heavy atom. The van der Waals surface area contributed by atoms with Crippen LogP contribution in [0.1, 0.15) is 17.3 Å². The maximum atomic E-state index is 5.34. The molecule has 0 bridgehead atoms. The highest BCUT2D eigenvalue weighted by atomic mass is 16.5. The van der Waals surface area contributed by atoms with Gasteiger partial charge in [0.05, 0.1) is 18.7 Å². The molecule has 1 aromatic rings. The van der Waals surface area contributed by atoms with E-state index >= 15 is 0 Å². The maximum Gasteiger partial charge on any atom is 0.237 e. The highest BCUT2D eigenvalue weighted by Crippen LogP contribution is 2.28. The van der Waals surface area contributed by atoms with Crippen LogP contribution in [0.5, 0.6) is 5.88 Å². The molecule has 1 N–H and O–H groups in total. The van der Waals surface area contributed by atoms with Gasteiger partial charge < -0.3 is 15.0 Å². The second-order valence-electron chi connectivity index (χ2n) is 4.40. The van der Waals surface area contributed by atoms with E-state index in [9.17, 15) is 0 Å². The van der Waals surface area contributed by atoms with Crippen LogP contribution in [0.3, 0.4) is 0 Å². The summed E-state index contributed by atoms with van der Waals surface area (Å²) < 4.78 is 7.22. The quantitative estimate of drug-likeness (QED) is 0.785. The van der Waals surface area contributed by atoms with Crippen molar-refractivity contribution in [3.05, 3.63) is 11.3 Å². The standard InChI is InChI=1S/C11H20N4O/c1-8-10(11(16-4)13-15(8)3)9-7-14(2)6-5-12-9/h9,12H,5-7H2,1-4H3. The average Bonchev–Trinajstić information content (AvgIpc) is 2.55. The van der Waals surface area contributed by atoms with Gasteiger partial charge in [-0.25, -0.2) is 0 Å². The van der Waals surface area contributed by atoms with E-state index in [1.54, 1.807) is 7.11 Å². The van der Waals surface area contributed by atoms with Crippen LogP contribution < -0.4 is 10.1 Å². The topological polar surface area (TPSA) is 42.3 Å². The molecule has 1 unspecified atom stereocenters. The summed E-state index contributed by atoms with van der Waals surface area (Å²) in [5, 5.41) is 7.88. The number of likely N-dealkylation sites (N-methyl/N-ethyl adjacent to an activating group) is 1. The minimum absolute atomic E-state index is 0.322. The van der Waals surface area contributed by atoms with Crippen molar-refractivity contribution < 1.29 is 4.74 Å². The largest absolute Gasteiger partial charge is 0.480 e. The Hall–Kier alpha value is -1.07. The zero-order valence-electron chi connectivity index (χ0n) is 10.4. The molecule has 1 saturated heterocycles. The van der Waals surface area contributed by atoms with Crippen molar-refractivity contribution in [2.45, 2.75) is 13.0 Å². The first-order valence-electron chi connectivity index (χ1n) is 5.63. The van der Waals surface area contributed by atoms with Crippen molar-refractivity contribution >= 4 is 0 Å². The average molecular weight is 224 g/mol. The summed E-state index contributed by atoms with van der Waals surface area (Å²) in [6.07, 6.45) is 0. The zero-order chi connectivity index (χ0) is 11.7. The summed E-state index contributed by atoms with van der Waals surface area (Å²) >= 11 is 0. The first-order chi connectivity index (χ1) is 7.63. The van der Waals surface area contributed by atoms with E-state index in [2.05, 4.69) is 29.3 Å². The molecule has 16 heavy (non-hydrogen) atoms. The van der Waals surface area contributed by atoms with Gasteiger partial charge in [-0.1, -0.05) is 0 Å². The van der Waals surface area contributed by atoms with Gasteiger partial charge in [-0.15, -0.1) is 5.10 Å². The van der Waals surface area contributed by atoms with Crippen LogP contribution in [0.25, 0.3) is 0 Å². The van der Waals surface area contributed by atoms with Gasteiger partial charge >= 0.3 is 0 Å². The summed E-state index contributed by atoms with van der Waals surface area (Å²) in [7, 11) is 5.78. The molecule has 1 aliphatic rings. The number of aromatic nitrogens is 2. The lowest BCUT2D eigenvalue weighted by Gasteiger charge is -2.31. The zero-order valence-corrected chi connectivity index (χ0v) is 10.4. The molecule has 2 heterocycles. The van der Waals surface area contributed by atoms with E-state index in [4.69, 9.17) is 4.74 Å². The Morgan fingerprint density at radius 3 is 2.81 bits per heavy atom. The Kier molecular flexibility index (Phi) is 3.16. The molecule has 90 valence electrons. The third-order valence-corrected chi connectivity index (χ3v) is 3.27. The minimum atomic E-state index is 0.322. The van der Waals surface area contributed by atoms with Gasteiger partial charge in [0.25, 0.3) is 0 Å². The van der Waals surface area contributed by atoms with Gasteiger partial charge in [-0.3, -0.25) is 4.68 Å². The maximum absolute atomic E-state index is 5.34. The molecule has 1 aliphatic heterocycles. The third-order valence-electron chi connectivity index (χ3n) is 3.27. The lowest BCUT2D eigenvalue weighted by molar-refractivity contribution is 0.237. The summed E-state index contributed by atoms with van der Waals surface area (Å²) in [5.41, 5.74) is 2.36. The lowest BCUT2D eigenvalue weighted by atomic mass is 10.1. The predicted molar refractivity (Wildman–Crippen MR) is 62.7 cm³/mol. The normalized spacial score (nSPS) is 22.4. The molecule has 1 fully saturated rings.